The summed E-state index contributed by atoms with van der Waals surface area (Å²) in [6, 6.07) is 0. The van der Waals surface area contributed by atoms with Gasteiger partial charge in [-0.2, -0.15) is 0 Å². The first-order valence-corrected chi connectivity index (χ1v) is 13.0. The maximum Gasteiger partial charge on any atom is -0.00186 e. The number of hydrogen-bond acceptors (Lipinski definition) is 1. The van der Waals surface area contributed by atoms with Crippen molar-refractivity contribution in [3.8, 4) is 0 Å². The zero-order valence-corrected chi connectivity index (χ0v) is 19.9. The van der Waals surface area contributed by atoms with Gasteiger partial charge in [0.1, 0.15) is 0 Å². The normalized spacial score (nSPS) is 12.8. The summed E-state index contributed by atoms with van der Waals surface area (Å²) < 4.78 is 0. The second-order valence-corrected chi connectivity index (χ2v) is 8.94. The Kier molecular flexibility index (Phi) is 22.2. The molecule has 0 radical (unpaired) electrons. The van der Waals surface area contributed by atoms with Crippen LogP contribution in [-0.2, 0) is 0 Å². The molecule has 27 heavy (non-hydrogen) atoms. The highest BCUT2D eigenvalue weighted by molar-refractivity contribution is 4.63. The molecule has 0 N–H and O–H groups in total. The van der Waals surface area contributed by atoms with Gasteiger partial charge in [-0.3, -0.25) is 0 Å². The Morgan fingerprint density at radius 3 is 1.33 bits per heavy atom. The first kappa shape index (κ1) is 27.0. The molecule has 164 valence electrons. The SMILES string of the molecule is CCCCCCCCN(CCCCCCCC)CCCC(CC)CCCC. The van der Waals surface area contributed by atoms with E-state index >= 15 is 0 Å². The van der Waals surface area contributed by atoms with Gasteiger partial charge in [0, 0.05) is 0 Å². The van der Waals surface area contributed by atoms with Gasteiger partial charge in [0.2, 0.25) is 0 Å². The van der Waals surface area contributed by atoms with E-state index in [1.165, 1.54) is 135 Å². The Balaban J connectivity index is 4.01. The van der Waals surface area contributed by atoms with Crippen molar-refractivity contribution in [2.45, 2.75) is 143 Å². The van der Waals surface area contributed by atoms with Crippen molar-refractivity contribution < 1.29 is 0 Å². The average Bonchev–Trinajstić information content (AvgIpc) is 2.69. The van der Waals surface area contributed by atoms with E-state index in [9.17, 15) is 0 Å². The van der Waals surface area contributed by atoms with Crippen LogP contribution in [0.25, 0.3) is 0 Å². The van der Waals surface area contributed by atoms with Gasteiger partial charge in [0.15, 0.2) is 0 Å². The van der Waals surface area contributed by atoms with Crippen LogP contribution in [0.2, 0.25) is 0 Å². The molecule has 0 aliphatic heterocycles. The zero-order chi connectivity index (χ0) is 20.0. The van der Waals surface area contributed by atoms with E-state index in [1.807, 2.05) is 0 Å². The summed E-state index contributed by atoms with van der Waals surface area (Å²) in [7, 11) is 0. The molecule has 0 fully saturated rings. The first-order valence-electron chi connectivity index (χ1n) is 13.0. The van der Waals surface area contributed by atoms with Gasteiger partial charge in [0.25, 0.3) is 0 Å². The molecule has 0 rings (SSSR count). The minimum absolute atomic E-state index is 0.981. The molecule has 1 atom stereocenters. The largest absolute Gasteiger partial charge is 0.303 e. The summed E-state index contributed by atoms with van der Waals surface area (Å²) in [5.41, 5.74) is 0. The maximum absolute atomic E-state index is 2.81. The molecule has 0 saturated heterocycles. The minimum atomic E-state index is 0.981. The van der Waals surface area contributed by atoms with Gasteiger partial charge in [-0.25, -0.2) is 0 Å². The van der Waals surface area contributed by atoms with E-state index in [0.29, 0.717) is 0 Å². The molecule has 0 aromatic carbocycles. The van der Waals surface area contributed by atoms with Gasteiger partial charge in [-0.05, 0) is 51.2 Å². The van der Waals surface area contributed by atoms with E-state index in [2.05, 4.69) is 32.6 Å². The molecule has 0 heterocycles. The third kappa shape index (κ3) is 19.1. The van der Waals surface area contributed by atoms with Crippen molar-refractivity contribution in [2.75, 3.05) is 19.6 Å². The molecule has 0 aromatic heterocycles. The molecule has 0 aliphatic rings. The number of hydrogen-bond donors (Lipinski definition) is 0. The fourth-order valence-electron chi connectivity index (χ4n) is 4.22. The Morgan fingerprint density at radius 2 is 0.852 bits per heavy atom. The predicted octanol–water partition coefficient (Wildman–Crippen LogP) is 9.01. The van der Waals surface area contributed by atoms with Crippen LogP contribution in [0.1, 0.15) is 143 Å². The van der Waals surface area contributed by atoms with E-state index in [-0.39, 0.29) is 0 Å². The van der Waals surface area contributed by atoms with E-state index < -0.39 is 0 Å². The van der Waals surface area contributed by atoms with Gasteiger partial charge >= 0.3 is 0 Å². The van der Waals surface area contributed by atoms with E-state index in [0.717, 1.165) is 5.92 Å². The lowest BCUT2D eigenvalue weighted by Gasteiger charge is -2.24. The molecule has 0 spiro atoms. The van der Waals surface area contributed by atoms with Crippen LogP contribution >= 0.6 is 0 Å². The maximum atomic E-state index is 2.81. The van der Waals surface area contributed by atoms with E-state index in [1.54, 1.807) is 0 Å². The van der Waals surface area contributed by atoms with Crippen LogP contribution in [0.5, 0.6) is 0 Å². The highest BCUT2D eigenvalue weighted by Crippen LogP contribution is 2.19. The lowest BCUT2D eigenvalue weighted by molar-refractivity contribution is 0.245. The fourth-order valence-corrected chi connectivity index (χ4v) is 4.22. The third-order valence-corrected chi connectivity index (χ3v) is 6.29. The smallest absolute Gasteiger partial charge is 0.00186 e. The Morgan fingerprint density at radius 1 is 0.444 bits per heavy atom. The highest BCUT2D eigenvalue weighted by Gasteiger charge is 2.09. The highest BCUT2D eigenvalue weighted by atomic mass is 15.1. The van der Waals surface area contributed by atoms with Crippen LogP contribution in [0.3, 0.4) is 0 Å². The molecule has 1 heteroatoms. The van der Waals surface area contributed by atoms with E-state index in [4.69, 9.17) is 0 Å². The average molecular weight is 382 g/mol. The van der Waals surface area contributed by atoms with Crippen molar-refractivity contribution >= 4 is 0 Å². The molecule has 0 aliphatic carbocycles. The van der Waals surface area contributed by atoms with Crippen molar-refractivity contribution in [3.63, 3.8) is 0 Å². The molecule has 1 nitrogen and oxygen atoms in total. The van der Waals surface area contributed by atoms with Gasteiger partial charge < -0.3 is 4.90 Å². The topological polar surface area (TPSA) is 3.24 Å². The monoisotopic (exact) mass is 381 g/mol. The molecule has 1 unspecified atom stereocenters. The molecule has 0 saturated carbocycles. The van der Waals surface area contributed by atoms with Crippen molar-refractivity contribution in [1.29, 1.82) is 0 Å². The summed E-state index contributed by atoms with van der Waals surface area (Å²) in [6.45, 7) is 13.4. The first-order chi connectivity index (χ1) is 13.3. The standard InChI is InChI=1S/C26H55N/c1-5-9-12-14-16-18-23-27(24-19-17-15-13-10-6-2)25-20-22-26(8-4)21-11-7-3/h26H,5-25H2,1-4H3. The van der Waals surface area contributed by atoms with Crippen LogP contribution < -0.4 is 0 Å². The molecular weight excluding hydrogens is 326 g/mol. The predicted molar refractivity (Wildman–Crippen MR) is 126 cm³/mol. The summed E-state index contributed by atoms with van der Waals surface area (Å²) in [5.74, 6) is 0.981. The van der Waals surface area contributed by atoms with Crippen LogP contribution in [-0.4, -0.2) is 24.5 Å². The van der Waals surface area contributed by atoms with Gasteiger partial charge in [-0.1, -0.05) is 118 Å². The summed E-state index contributed by atoms with van der Waals surface area (Å²) in [6.07, 6.45) is 25.6. The Labute approximate surface area is 174 Å². The second kappa shape index (κ2) is 22.3. The van der Waals surface area contributed by atoms with Crippen LogP contribution in [0, 0.1) is 5.92 Å². The molecule has 0 amide bonds. The lowest BCUT2D eigenvalue weighted by Crippen LogP contribution is -2.27. The van der Waals surface area contributed by atoms with Crippen LogP contribution in [0.15, 0.2) is 0 Å². The molecular formula is C26H55N. The Bertz CT molecular complexity index is 247. The number of nitrogens with zero attached hydrogens (tertiary/aromatic N) is 1. The molecule has 0 bridgehead atoms. The summed E-state index contributed by atoms with van der Waals surface area (Å²) in [5, 5.41) is 0. The lowest BCUT2D eigenvalue weighted by atomic mass is 9.94. The fraction of sp³-hybridized carbons (Fsp3) is 1.00. The van der Waals surface area contributed by atoms with Gasteiger partial charge in [-0.15, -0.1) is 0 Å². The zero-order valence-electron chi connectivity index (χ0n) is 19.9. The van der Waals surface area contributed by atoms with Crippen molar-refractivity contribution in [3.05, 3.63) is 0 Å². The minimum Gasteiger partial charge on any atom is -0.303 e. The second-order valence-electron chi connectivity index (χ2n) is 8.94. The summed E-state index contributed by atoms with van der Waals surface area (Å²) in [4.78, 5) is 2.81. The van der Waals surface area contributed by atoms with Gasteiger partial charge in [0.05, 0.1) is 0 Å². The quantitative estimate of drug-likeness (QED) is 0.169. The van der Waals surface area contributed by atoms with Crippen molar-refractivity contribution in [2.24, 2.45) is 5.92 Å². The van der Waals surface area contributed by atoms with Crippen molar-refractivity contribution in [1.82, 2.24) is 4.90 Å². The third-order valence-electron chi connectivity index (χ3n) is 6.29. The number of unbranched alkanes of at least 4 members (excludes halogenated alkanes) is 11. The molecule has 0 aromatic rings. The Hall–Kier alpha value is -0.0400. The van der Waals surface area contributed by atoms with Crippen LogP contribution in [0.4, 0.5) is 0 Å². The number of rotatable bonds is 22. The summed E-state index contributed by atoms with van der Waals surface area (Å²) >= 11 is 0.